The van der Waals surface area contributed by atoms with Crippen LogP contribution in [0.5, 0.6) is 0 Å². The van der Waals surface area contributed by atoms with Crippen LogP contribution in [0.1, 0.15) is 59.2 Å². The minimum Gasteiger partial charge on any atom is -0.351 e. The largest absolute Gasteiger partial charge is 0.351 e. The average Bonchev–Trinajstić information content (AvgIpc) is 3.41. The fourth-order valence-corrected chi connectivity index (χ4v) is 5.61. The molecule has 0 saturated carbocycles. The molecule has 6 nitrogen and oxygen atoms in total. The van der Waals surface area contributed by atoms with Crippen LogP contribution in [0.3, 0.4) is 0 Å². The first-order chi connectivity index (χ1) is 18.4. The van der Waals surface area contributed by atoms with Crippen molar-refractivity contribution in [3.05, 3.63) is 113 Å². The number of aryl methyl sites for hydroxylation is 2. The van der Waals surface area contributed by atoms with Crippen molar-refractivity contribution in [1.29, 1.82) is 0 Å². The second-order valence-electron chi connectivity index (χ2n) is 9.80. The number of hydrogen-bond acceptors (Lipinski definition) is 3. The van der Waals surface area contributed by atoms with Gasteiger partial charge < -0.3 is 20.1 Å². The quantitative estimate of drug-likeness (QED) is 0.275. The lowest BCUT2D eigenvalue weighted by molar-refractivity contribution is -0.115. The monoisotopic (exact) mass is 523 g/mol. The van der Waals surface area contributed by atoms with Gasteiger partial charge in [-0.25, -0.2) is 0 Å². The Balaban J connectivity index is 1.59. The van der Waals surface area contributed by atoms with E-state index in [-0.39, 0.29) is 18.0 Å². The third-order valence-electron chi connectivity index (χ3n) is 7.30. The van der Waals surface area contributed by atoms with Crippen LogP contribution in [0.15, 0.2) is 79.0 Å². The Morgan fingerprint density at radius 1 is 1.03 bits per heavy atom. The van der Waals surface area contributed by atoms with Crippen molar-refractivity contribution in [3.63, 3.8) is 0 Å². The SMILES string of the molecule is CCC(=O)Nc1ccc(N2C(=S)N[C@H](c3ccccn3)[C@H]2c2cc(C)n(Cc3ccccc3)c2C)cc1C. The molecule has 2 aromatic carbocycles. The summed E-state index contributed by atoms with van der Waals surface area (Å²) in [7, 11) is 0. The second kappa shape index (κ2) is 10.8. The summed E-state index contributed by atoms with van der Waals surface area (Å²) in [6.07, 6.45) is 2.27. The van der Waals surface area contributed by atoms with Gasteiger partial charge in [-0.15, -0.1) is 0 Å². The Kier molecular flexibility index (Phi) is 7.29. The van der Waals surface area contributed by atoms with Gasteiger partial charge in [0.25, 0.3) is 0 Å². The summed E-state index contributed by atoms with van der Waals surface area (Å²) in [5, 5.41) is 7.21. The van der Waals surface area contributed by atoms with Crippen LogP contribution < -0.4 is 15.5 Å². The molecule has 1 aliphatic heterocycles. The van der Waals surface area contributed by atoms with Gasteiger partial charge >= 0.3 is 0 Å². The van der Waals surface area contributed by atoms with E-state index < -0.39 is 0 Å². The van der Waals surface area contributed by atoms with E-state index in [1.54, 1.807) is 0 Å². The van der Waals surface area contributed by atoms with Crippen LogP contribution in [0.4, 0.5) is 11.4 Å². The summed E-state index contributed by atoms with van der Waals surface area (Å²) >= 11 is 5.94. The maximum Gasteiger partial charge on any atom is 0.224 e. The molecule has 5 rings (SSSR count). The second-order valence-corrected chi connectivity index (χ2v) is 10.2. The number of aromatic nitrogens is 2. The van der Waals surface area contributed by atoms with Gasteiger partial charge in [0.05, 0.1) is 17.8 Å². The standard InChI is InChI=1S/C31H33N5OS/c1-5-28(37)33-26-15-14-24(17-20(26)2)36-30(29(34-31(36)38)27-13-9-10-16-32-27)25-18-21(3)35(22(25)4)19-23-11-7-6-8-12-23/h6-18,29-30H,5,19H2,1-4H3,(H,33,37)(H,34,38)/t29-,30-/m1/s1. The first-order valence-corrected chi connectivity index (χ1v) is 13.4. The van der Waals surface area contributed by atoms with Gasteiger partial charge in [0.1, 0.15) is 0 Å². The molecule has 4 aromatic rings. The first-order valence-electron chi connectivity index (χ1n) is 13.0. The molecular weight excluding hydrogens is 490 g/mol. The molecule has 2 aromatic heterocycles. The van der Waals surface area contributed by atoms with E-state index >= 15 is 0 Å². The van der Waals surface area contributed by atoms with Crippen molar-refractivity contribution in [2.24, 2.45) is 0 Å². The van der Waals surface area contributed by atoms with Crippen LogP contribution in [-0.4, -0.2) is 20.6 Å². The van der Waals surface area contributed by atoms with Crippen molar-refractivity contribution in [2.45, 2.75) is 52.7 Å². The zero-order valence-electron chi connectivity index (χ0n) is 22.2. The van der Waals surface area contributed by atoms with E-state index in [0.29, 0.717) is 11.5 Å². The third-order valence-corrected chi connectivity index (χ3v) is 7.61. The van der Waals surface area contributed by atoms with Crippen molar-refractivity contribution in [1.82, 2.24) is 14.9 Å². The van der Waals surface area contributed by atoms with E-state index in [2.05, 4.69) is 76.4 Å². The molecule has 0 aliphatic carbocycles. The topological polar surface area (TPSA) is 62.2 Å². The number of nitrogens with zero attached hydrogens (tertiary/aromatic N) is 3. The summed E-state index contributed by atoms with van der Waals surface area (Å²) in [6.45, 7) is 9.02. The predicted molar refractivity (Wildman–Crippen MR) is 157 cm³/mol. The van der Waals surface area contributed by atoms with E-state index in [0.717, 1.165) is 29.2 Å². The maximum atomic E-state index is 12.0. The van der Waals surface area contributed by atoms with Gasteiger partial charge in [-0.05, 0) is 86.1 Å². The minimum atomic E-state index is -0.117. The fraction of sp³-hybridized carbons (Fsp3) is 0.258. The summed E-state index contributed by atoms with van der Waals surface area (Å²) in [5.74, 6) is -0.00171. The summed E-state index contributed by atoms with van der Waals surface area (Å²) < 4.78 is 2.37. The molecule has 38 heavy (non-hydrogen) atoms. The molecule has 1 aliphatic rings. The normalized spacial score (nSPS) is 16.9. The average molecular weight is 524 g/mol. The highest BCUT2D eigenvalue weighted by atomic mass is 32.1. The van der Waals surface area contributed by atoms with Crippen LogP contribution in [-0.2, 0) is 11.3 Å². The Hall–Kier alpha value is -3.97. The Morgan fingerprint density at radius 2 is 1.79 bits per heavy atom. The lowest BCUT2D eigenvalue weighted by Crippen LogP contribution is -2.29. The minimum absolute atomic E-state index is 0.00171. The predicted octanol–water partition coefficient (Wildman–Crippen LogP) is 6.38. The number of carbonyl (C=O) groups is 1. The zero-order valence-corrected chi connectivity index (χ0v) is 23.0. The Bertz CT molecular complexity index is 1460. The van der Waals surface area contributed by atoms with Crippen molar-refractivity contribution in [2.75, 3.05) is 10.2 Å². The number of benzene rings is 2. The van der Waals surface area contributed by atoms with Crippen LogP contribution >= 0.6 is 12.2 Å². The number of hydrogen-bond donors (Lipinski definition) is 2. The van der Waals surface area contributed by atoms with E-state index in [1.807, 2.05) is 50.4 Å². The first kappa shape index (κ1) is 25.7. The highest BCUT2D eigenvalue weighted by molar-refractivity contribution is 7.80. The molecule has 1 fully saturated rings. The smallest absolute Gasteiger partial charge is 0.224 e. The third kappa shape index (κ3) is 4.94. The number of carbonyl (C=O) groups excluding carboxylic acids is 1. The summed E-state index contributed by atoms with van der Waals surface area (Å²) in [5.41, 5.74) is 8.61. The number of thiocarbonyl (C=S) groups is 1. The molecule has 7 heteroatoms. The molecule has 0 radical (unpaired) electrons. The molecule has 1 saturated heterocycles. The Labute approximate surface area is 229 Å². The highest BCUT2D eigenvalue weighted by Gasteiger charge is 2.42. The summed E-state index contributed by atoms with van der Waals surface area (Å²) in [4.78, 5) is 18.9. The van der Waals surface area contributed by atoms with Crippen LogP contribution in [0, 0.1) is 20.8 Å². The number of rotatable bonds is 7. The van der Waals surface area contributed by atoms with Crippen LogP contribution in [0.25, 0.3) is 0 Å². The molecule has 0 spiro atoms. The maximum absolute atomic E-state index is 12.0. The number of amides is 1. The molecular formula is C31H33N5OS. The lowest BCUT2D eigenvalue weighted by atomic mass is 9.96. The molecule has 1 amide bonds. The zero-order chi connectivity index (χ0) is 26.8. The van der Waals surface area contributed by atoms with Gasteiger partial charge in [0, 0.05) is 41.9 Å². The van der Waals surface area contributed by atoms with Gasteiger partial charge in [0.2, 0.25) is 5.91 Å². The molecule has 194 valence electrons. The molecule has 0 bridgehead atoms. The molecule has 3 heterocycles. The van der Waals surface area contributed by atoms with E-state index in [4.69, 9.17) is 17.2 Å². The molecule has 0 unspecified atom stereocenters. The fourth-order valence-electron chi connectivity index (χ4n) is 5.26. The van der Waals surface area contributed by atoms with Gasteiger partial charge in [-0.1, -0.05) is 43.3 Å². The molecule has 2 N–H and O–H groups in total. The Morgan fingerprint density at radius 3 is 2.47 bits per heavy atom. The summed E-state index contributed by atoms with van der Waals surface area (Å²) in [6, 6.07) is 24.7. The highest BCUT2D eigenvalue weighted by Crippen LogP contribution is 2.44. The number of nitrogens with one attached hydrogen (secondary N) is 2. The lowest BCUT2D eigenvalue weighted by Gasteiger charge is -2.29. The van der Waals surface area contributed by atoms with Crippen LogP contribution in [0.2, 0.25) is 0 Å². The van der Waals surface area contributed by atoms with E-state index in [9.17, 15) is 4.79 Å². The number of anilines is 2. The molecule has 2 atom stereocenters. The van der Waals surface area contributed by atoms with Gasteiger partial charge in [0.15, 0.2) is 5.11 Å². The van der Waals surface area contributed by atoms with E-state index in [1.165, 1.54) is 22.5 Å². The number of pyridine rings is 1. The van der Waals surface area contributed by atoms with Crippen molar-refractivity contribution >= 4 is 34.6 Å². The van der Waals surface area contributed by atoms with Gasteiger partial charge in [-0.2, -0.15) is 0 Å². The van der Waals surface area contributed by atoms with Gasteiger partial charge in [-0.3, -0.25) is 9.78 Å². The van der Waals surface area contributed by atoms with Crippen molar-refractivity contribution in [3.8, 4) is 0 Å². The van der Waals surface area contributed by atoms with Crippen molar-refractivity contribution < 1.29 is 4.79 Å².